The van der Waals surface area contributed by atoms with Crippen molar-refractivity contribution in [1.82, 2.24) is 5.32 Å². The normalized spacial score (nSPS) is 25.3. The van der Waals surface area contributed by atoms with Gasteiger partial charge in [-0.3, -0.25) is 4.79 Å². The van der Waals surface area contributed by atoms with Crippen LogP contribution in [0.4, 0.5) is 0 Å². The van der Waals surface area contributed by atoms with Crippen molar-refractivity contribution >= 4 is 21.8 Å². The lowest BCUT2D eigenvalue weighted by molar-refractivity contribution is 0.0943. The molecule has 0 bridgehead atoms. The van der Waals surface area contributed by atoms with Crippen molar-refractivity contribution in [1.29, 1.82) is 0 Å². The molecule has 1 heterocycles. The molecule has 0 aromatic carbocycles. The van der Waals surface area contributed by atoms with Crippen molar-refractivity contribution in [2.24, 2.45) is 5.92 Å². The third kappa shape index (κ3) is 3.11. The van der Waals surface area contributed by atoms with E-state index in [1.54, 1.807) is 6.07 Å². The van der Waals surface area contributed by atoms with Crippen molar-refractivity contribution in [2.45, 2.75) is 30.5 Å². The molecule has 1 aliphatic rings. The van der Waals surface area contributed by atoms with Gasteiger partial charge >= 0.3 is 0 Å². The Morgan fingerprint density at radius 1 is 1.44 bits per heavy atom. The number of alkyl halides is 1. The molecule has 2 rings (SSSR count). The first-order valence-corrected chi connectivity index (χ1v) is 6.61. The molecule has 0 unspecified atom stereocenters. The molecule has 1 fully saturated rings. The van der Waals surface area contributed by atoms with Gasteiger partial charge in [0, 0.05) is 11.4 Å². The molecule has 1 amide bonds. The highest BCUT2D eigenvalue weighted by atomic mass is 79.9. The van der Waals surface area contributed by atoms with Crippen LogP contribution >= 0.6 is 15.9 Å². The standard InChI is InChI=1S/C12H16BrNO2/c13-11-3-1-9(2-4-11)7-14-12(15)10-5-6-16-8-10/h5-6,8-9,11H,1-4,7H2,(H,14,15). The number of amides is 1. The topological polar surface area (TPSA) is 42.2 Å². The van der Waals surface area contributed by atoms with E-state index in [-0.39, 0.29) is 5.91 Å². The van der Waals surface area contributed by atoms with Gasteiger partial charge in [-0.25, -0.2) is 0 Å². The number of carbonyl (C=O) groups is 1. The molecule has 1 saturated carbocycles. The summed E-state index contributed by atoms with van der Waals surface area (Å²) in [7, 11) is 0. The fourth-order valence-corrected chi connectivity index (χ4v) is 2.59. The monoisotopic (exact) mass is 285 g/mol. The minimum absolute atomic E-state index is 0.0327. The largest absolute Gasteiger partial charge is 0.472 e. The first-order chi connectivity index (χ1) is 7.75. The van der Waals surface area contributed by atoms with Crippen LogP contribution in [0.2, 0.25) is 0 Å². The number of nitrogens with one attached hydrogen (secondary N) is 1. The summed E-state index contributed by atoms with van der Waals surface area (Å²) < 4.78 is 4.87. The molecule has 0 spiro atoms. The minimum atomic E-state index is -0.0327. The summed E-state index contributed by atoms with van der Waals surface area (Å²) >= 11 is 3.63. The molecule has 4 heteroatoms. The van der Waals surface area contributed by atoms with E-state index >= 15 is 0 Å². The third-order valence-corrected chi connectivity index (χ3v) is 4.03. The first kappa shape index (κ1) is 11.7. The van der Waals surface area contributed by atoms with Crippen molar-refractivity contribution in [2.75, 3.05) is 6.54 Å². The van der Waals surface area contributed by atoms with Crippen molar-refractivity contribution in [3.05, 3.63) is 24.2 Å². The maximum Gasteiger partial charge on any atom is 0.254 e. The Bertz CT molecular complexity index is 329. The van der Waals surface area contributed by atoms with Crippen molar-refractivity contribution < 1.29 is 9.21 Å². The predicted molar refractivity (Wildman–Crippen MR) is 65.7 cm³/mol. The van der Waals surface area contributed by atoms with E-state index in [4.69, 9.17) is 4.42 Å². The summed E-state index contributed by atoms with van der Waals surface area (Å²) in [6.45, 7) is 0.781. The van der Waals surface area contributed by atoms with E-state index < -0.39 is 0 Å². The summed E-state index contributed by atoms with van der Waals surface area (Å²) in [4.78, 5) is 12.3. The maximum absolute atomic E-state index is 11.6. The zero-order chi connectivity index (χ0) is 11.4. The Kier molecular flexibility index (Phi) is 4.04. The summed E-state index contributed by atoms with van der Waals surface area (Å²) in [6.07, 6.45) is 7.82. The van der Waals surface area contributed by atoms with Gasteiger partial charge in [0.15, 0.2) is 0 Å². The molecule has 0 aliphatic heterocycles. The highest BCUT2D eigenvalue weighted by molar-refractivity contribution is 9.09. The molecule has 0 atom stereocenters. The van der Waals surface area contributed by atoms with Crippen LogP contribution in [0.15, 0.2) is 23.0 Å². The minimum Gasteiger partial charge on any atom is -0.472 e. The van der Waals surface area contributed by atoms with Gasteiger partial charge in [0.2, 0.25) is 0 Å². The van der Waals surface area contributed by atoms with Crippen LogP contribution in [0.5, 0.6) is 0 Å². The smallest absolute Gasteiger partial charge is 0.254 e. The number of halogens is 1. The zero-order valence-corrected chi connectivity index (χ0v) is 10.7. The fraction of sp³-hybridized carbons (Fsp3) is 0.583. The van der Waals surface area contributed by atoms with E-state index in [2.05, 4.69) is 21.2 Å². The van der Waals surface area contributed by atoms with Gasteiger partial charge in [-0.05, 0) is 37.7 Å². The van der Waals surface area contributed by atoms with Crippen LogP contribution in [-0.2, 0) is 0 Å². The van der Waals surface area contributed by atoms with Gasteiger partial charge in [0.25, 0.3) is 5.91 Å². The lowest BCUT2D eigenvalue weighted by Crippen LogP contribution is -2.31. The van der Waals surface area contributed by atoms with Crippen LogP contribution in [0, 0.1) is 5.92 Å². The Morgan fingerprint density at radius 3 is 2.81 bits per heavy atom. The second kappa shape index (κ2) is 5.53. The average molecular weight is 286 g/mol. The highest BCUT2D eigenvalue weighted by Gasteiger charge is 2.19. The second-order valence-corrected chi connectivity index (χ2v) is 5.64. The fourth-order valence-electron chi connectivity index (χ4n) is 2.06. The first-order valence-electron chi connectivity index (χ1n) is 5.70. The molecule has 0 radical (unpaired) electrons. The summed E-state index contributed by atoms with van der Waals surface area (Å²) in [5, 5.41) is 2.96. The van der Waals surface area contributed by atoms with Gasteiger partial charge < -0.3 is 9.73 Å². The van der Waals surface area contributed by atoms with Gasteiger partial charge in [-0.15, -0.1) is 0 Å². The summed E-state index contributed by atoms with van der Waals surface area (Å²) in [5.41, 5.74) is 0.606. The Labute approximate surface area is 104 Å². The average Bonchev–Trinajstić information content (AvgIpc) is 2.81. The van der Waals surface area contributed by atoms with Crippen molar-refractivity contribution in [3.63, 3.8) is 0 Å². The highest BCUT2D eigenvalue weighted by Crippen LogP contribution is 2.28. The molecule has 88 valence electrons. The molecule has 1 aliphatic carbocycles. The Morgan fingerprint density at radius 2 is 2.19 bits per heavy atom. The Hall–Kier alpha value is -0.770. The van der Waals surface area contributed by atoms with Gasteiger partial charge in [-0.1, -0.05) is 15.9 Å². The van der Waals surface area contributed by atoms with Crippen LogP contribution in [0.3, 0.4) is 0 Å². The van der Waals surface area contributed by atoms with E-state index in [0.29, 0.717) is 16.3 Å². The van der Waals surface area contributed by atoms with Crippen LogP contribution in [0.1, 0.15) is 36.0 Å². The molecule has 1 N–H and O–H groups in total. The van der Waals surface area contributed by atoms with Crippen LogP contribution in [-0.4, -0.2) is 17.3 Å². The predicted octanol–water partition coefficient (Wildman–Crippen LogP) is 2.96. The molecule has 0 saturated heterocycles. The number of rotatable bonds is 3. The summed E-state index contributed by atoms with van der Waals surface area (Å²) in [5.74, 6) is 0.597. The number of furan rings is 1. The molecular weight excluding hydrogens is 270 g/mol. The SMILES string of the molecule is O=C(NCC1CCC(Br)CC1)c1ccoc1. The van der Waals surface area contributed by atoms with Crippen LogP contribution < -0.4 is 5.32 Å². The van der Waals surface area contributed by atoms with Gasteiger partial charge in [0.1, 0.15) is 6.26 Å². The number of hydrogen-bond donors (Lipinski definition) is 1. The van der Waals surface area contributed by atoms with E-state index in [9.17, 15) is 4.79 Å². The van der Waals surface area contributed by atoms with Gasteiger partial charge in [-0.2, -0.15) is 0 Å². The van der Waals surface area contributed by atoms with E-state index in [0.717, 1.165) is 6.54 Å². The van der Waals surface area contributed by atoms with Crippen molar-refractivity contribution in [3.8, 4) is 0 Å². The number of hydrogen-bond acceptors (Lipinski definition) is 2. The van der Waals surface area contributed by atoms with Gasteiger partial charge in [0.05, 0.1) is 11.8 Å². The van der Waals surface area contributed by atoms with E-state index in [1.165, 1.54) is 38.2 Å². The lowest BCUT2D eigenvalue weighted by atomic mass is 9.89. The number of carbonyl (C=O) groups excluding carboxylic acids is 1. The van der Waals surface area contributed by atoms with E-state index in [1.807, 2.05) is 0 Å². The molecule has 3 nitrogen and oxygen atoms in total. The Balaban J connectivity index is 1.73. The summed E-state index contributed by atoms with van der Waals surface area (Å²) in [6, 6.07) is 1.69. The zero-order valence-electron chi connectivity index (χ0n) is 9.12. The lowest BCUT2D eigenvalue weighted by Gasteiger charge is -2.25. The maximum atomic E-state index is 11.6. The quantitative estimate of drug-likeness (QED) is 0.868. The third-order valence-electron chi connectivity index (χ3n) is 3.11. The molecule has 1 aromatic heterocycles. The molecule has 1 aromatic rings. The van der Waals surface area contributed by atoms with Crippen LogP contribution in [0.25, 0.3) is 0 Å². The second-order valence-electron chi connectivity index (χ2n) is 4.34. The molecular formula is C12H16BrNO2. The molecule has 16 heavy (non-hydrogen) atoms.